The fraction of sp³-hybridized carbons (Fsp3) is 0.682. The van der Waals surface area contributed by atoms with Crippen molar-refractivity contribution in [2.24, 2.45) is 0 Å². The van der Waals surface area contributed by atoms with Crippen LogP contribution < -0.4 is 0 Å². The van der Waals surface area contributed by atoms with Gasteiger partial charge < -0.3 is 37.9 Å². The largest absolute Gasteiger partial charge is 0.466 e. The van der Waals surface area contributed by atoms with E-state index in [0.717, 1.165) is 34.8 Å². The summed E-state index contributed by atoms with van der Waals surface area (Å²) in [4.78, 5) is 59.0. The number of rotatable bonds is 11. The smallest absolute Gasteiger partial charge is 0.338 e. The average molecular weight is 504 g/mol. The van der Waals surface area contributed by atoms with Crippen molar-refractivity contribution in [3.8, 4) is 0 Å². The molecule has 1 aliphatic heterocycles. The van der Waals surface area contributed by atoms with Crippen molar-refractivity contribution in [3.63, 3.8) is 0 Å². The molecule has 0 radical (unpaired) electrons. The van der Waals surface area contributed by atoms with Gasteiger partial charge in [-0.25, -0.2) is 4.79 Å². The minimum absolute atomic E-state index is 0.242. The normalized spacial score (nSPS) is 24.6. The first-order valence-corrected chi connectivity index (χ1v) is 10.6. The predicted octanol–water partition coefficient (Wildman–Crippen LogP) is 0.566. The third kappa shape index (κ3) is 9.62. The van der Waals surface area contributed by atoms with Crippen LogP contribution in [0, 0.1) is 0 Å². The maximum Gasteiger partial charge on any atom is 0.338 e. The molecule has 13 heteroatoms. The number of methoxy groups -OCH3 is 1. The molecule has 198 valence electrons. The Bertz CT molecular complexity index is 805. The van der Waals surface area contributed by atoms with E-state index in [1.54, 1.807) is 13.8 Å². The van der Waals surface area contributed by atoms with Gasteiger partial charge in [0.15, 0.2) is 24.6 Å². The highest BCUT2D eigenvalue weighted by molar-refractivity contribution is 5.88. The number of hydrogen-bond acceptors (Lipinski definition) is 13. The Hall–Kier alpha value is -3.03. The van der Waals surface area contributed by atoms with Gasteiger partial charge in [0.2, 0.25) is 6.29 Å². The molecule has 0 aromatic heterocycles. The van der Waals surface area contributed by atoms with Crippen LogP contribution in [0.25, 0.3) is 0 Å². The molecule has 0 spiro atoms. The topological polar surface area (TPSA) is 159 Å². The number of hydrogen-bond donors (Lipinski definition) is 0. The van der Waals surface area contributed by atoms with Gasteiger partial charge >= 0.3 is 29.8 Å². The summed E-state index contributed by atoms with van der Waals surface area (Å²) in [5.41, 5.74) is -0.242. The number of ether oxygens (including phenoxy) is 8. The molecule has 1 saturated heterocycles. The minimum atomic E-state index is -1.55. The summed E-state index contributed by atoms with van der Waals surface area (Å²) < 4.78 is 42.8. The van der Waals surface area contributed by atoms with E-state index in [2.05, 4.69) is 11.3 Å². The zero-order valence-corrected chi connectivity index (χ0v) is 20.8. The third-order valence-electron chi connectivity index (χ3n) is 4.33. The molecule has 0 N–H and O–H groups in total. The molecular weight excluding hydrogens is 472 g/mol. The fourth-order valence-electron chi connectivity index (χ4n) is 3.09. The summed E-state index contributed by atoms with van der Waals surface area (Å²) in [6.45, 7) is 10.9. The van der Waals surface area contributed by atoms with Crippen molar-refractivity contribution in [1.29, 1.82) is 0 Å². The zero-order chi connectivity index (χ0) is 26.9. The molecule has 0 saturated carbocycles. The molecule has 6 atom stereocenters. The average Bonchev–Trinajstić information content (AvgIpc) is 2.73. The Kier molecular flexibility index (Phi) is 11.8. The molecule has 1 rings (SSSR count). The second-order valence-corrected chi connectivity index (χ2v) is 7.74. The van der Waals surface area contributed by atoms with Crippen LogP contribution in [0.2, 0.25) is 0 Å². The number of esters is 5. The maximum absolute atomic E-state index is 12.1. The van der Waals surface area contributed by atoms with Gasteiger partial charge in [-0.1, -0.05) is 6.58 Å². The Labute approximate surface area is 202 Å². The minimum Gasteiger partial charge on any atom is -0.466 e. The van der Waals surface area contributed by atoms with Crippen LogP contribution in [0.15, 0.2) is 12.2 Å². The summed E-state index contributed by atoms with van der Waals surface area (Å²) in [6, 6.07) is 0. The van der Waals surface area contributed by atoms with E-state index >= 15 is 0 Å². The van der Waals surface area contributed by atoms with Crippen molar-refractivity contribution in [3.05, 3.63) is 12.2 Å². The Morgan fingerprint density at radius 2 is 1.34 bits per heavy atom. The van der Waals surface area contributed by atoms with Crippen molar-refractivity contribution in [2.75, 3.05) is 13.7 Å². The summed E-state index contributed by atoms with van der Waals surface area (Å²) in [5.74, 6) is -3.90. The molecule has 1 heterocycles. The SMILES string of the molecule is C=C(C(=O)OC)[C@@H](OC(C)C)O[C@@H]1O[C@H](COC(C)=O)[C@@H](OC(C)=O)[C@H](OC(C)=O)[C@H]1OC(C)=O. The van der Waals surface area contributed by atoms with E-state index in [0.29, 0.717) is 0 Å². The number of carbonyl (C=O) groups excluding carboxylic acids is 5. The summed E-state index contributed by atoms with van der Waals surface area (Å²) >= 11 is 0. The lowest BCUT2D eigenvalue weighted by Crippen LogP contribution is -2.63. The lowest BCUT2D eigenvalue weighted by molar-refractivity contribution is -0.336. The zero-order valence-electron chi connectivity index (χ0n) is 20.8. The van der Waals surface area contributed by atoms with Gasteiger partial charge in [0.25, 0.3) is 0 Å². The van der Waals surface area contributed by atoms with Crippen LogP contribution in [0.3, 0.4) is 0 Å². The van der Waals surface area contributed by atoms with E-state index in [1.165, 1.54) is 0 Å². The third-order valence-corrected chi connectivity index (χ3v) is 4.33. The first-order valence-electron chi connectivity index (χ1n) is 10.6. The molecule has 13 nitrogen and oxygen atoms in total. The van der Waals surface area contributed by atoms with Crippen molar-refractivity contribution >= 4 is 29.8 Å². The van der Waals surface area contributed by atoms with Gasteiger partial charge in [0.1, 0.15) is 12.7 Å². The molecule has 1 aliphatic rings. The Morgan fingerprint density at radius 1 is 0.829 bits per heavy atom. The Balaban J connectivity index is 3.49. The quantitative estimate of drug-likeness (QED) is 0.166. The highest BCUT2D eigenvalue weighted by Gasteiger charge is 2.53. The van der Waals surface area contributed by atoms with Gasteiger partial charge in [0.05, 0.1) is 18.8 Å². The van der Waals surface area contributed by atoms with Gasteiger partial charge in [-0.2, -0.15) is 0 Å². The second-order valence-electron chi connectivity index (χ2n) is 7.74. The van der Waals surface area contributed by atoms with Crippen molar-refractivity contribution in [2.45, 2.75) is 84.6 Å². The Morgan fingerprint density at radius 3 is 1.80 bits per heavy atom. The van der Waals surface area contributed by atoms with Crippen LogP contribution >= 0.6 is 0 Å². The van der Waals surface area contributed by atoms with Gasteiger partial charge in [0, 0.05) is 27.7 Å². The molecule has 35 heavy (non-hydrogen) atoms. The van der Waals surface area contributed by atoms with Crippen LogP contribution in [0.5, 0.6) is 0 Å². The second kappa shape index (κ2) is 13.8. The molecule has 0 aromatic rings. The highest BCUT2D eigenvalue weighted by atomic mass is 16.8. The maximum atomic E-state index is 12.1. The number of carbonyl (C=O) groups is 5. The van der Waals surface area contributed by atoms with Crippen molar-refractivity contribution in [1.82, 2.24) is 0 Å². The molecule has 0 aliphatic carbocycles. The standard InChI is InChI=1S/C22H32O13/c1-10(2)30-21(11(3)20(27)28-8)35-22-19(33-15(7)26)18(32-14(6)25)17(31-13(5)24)16(34-22)9-29-12(4)23/h10,16-19,21-22H,3,9H2,1-2,4-8H3/t16-,17-,18+,19-,21+,22+/m1/s1. The van der Waals surface area contributed by atoms with E-state index in [1.807, 2.05) is 0 Å². The van der Waals surface area contributed by atoms with Crippen LogP contribution in [-0.4, -0.2) is 86.7 Å². The van der Waals surface area contributed by atoms with E-state index < -0.39 is 79.6 Å². The summed E-state index contributed by atoms with van der Waals surface area (Å²) in [6.07, 6.45) is -8.97. The predicted molar refractivity (Wildman–Crippen MR) is 114 cm³/mol. The van der Waals surface area contributed by atoms with Crippen LogP contribution in [0.1, 0.15) is 41.5 Å². The van der Waals surface area contributed by atoms with Crippen molar-refractivity contribution < 1.29 is 61.9 Å². The van der Waals surface area contributed by atoms with Gasteiger partial charge in [-0.05, 0) is 13.8 Å². The first kappa shape index (κ1) is 30.0. The van der Waals surface area contributed by atoms with Crippen LogP contribution in [0.4, 0.5) is 0 Å². The summed E-state index contributed by atoms with van der Waals surface area (Å²) in [7, 11) is 1.13. The first-order chi connectivity index (χ1) is 16.3. The summed E-state index contributed by atoms with van der Waals surface area (Å²) in [5, 5.41) is 0. The molecule has 0 aromatic carbocycles. The molecule has 0 unspecified atom stereocenters. The van der Waals surface area contributed by atoms with Crippen LogP contribution in [-0.2, 0) is 61.9 Å². The van der Waals surface area contributed by atoms with Gasteiger partial charge in [-0.3, -0.25) is 19.2 Å². The highest BCUT2D eigenvalue weighted by Crippen LogP contribution is 2.31. The fourth-order valence-corrected chi connectivity index (χ4v) is 3.09. The monoisotopic (exact) mass is 504 g/mol. The van der Waals surface area contributed by atoms with E-state index in [4.69, 9.17) is 33.2 Å². The molecule has 0 amide bonds. The van der Waals surface area contributed by atoms with E-state index in [9.17, 15) is 24.0 Å². The lowest BCUT2D eigenvalue weighted by Gasteiger charge is -2.44. The molecule has 0 bridgehead atoms. The molecule has 1 fully saturated rings. The lowest BCUT2D eigenvalue weighted by atomic mass is 9.98. The molecular formula is C22H32O13. The van der Waals surface area contributed by atoms with E-state index in [-0.39, 0.29) is 5.57 Å². The van der Waals surface area contributed by atoms with Gasteiger partial charge in [-0.15, -0.1) is 0 Å².